The van der Waals surface area contributed by atoms with Gasteiger partial charge in [0.1, 0.15) is 5.82 Å². The van der Waals surface area contributed by atoms with Gasteiger partial charge >= 0.3 is 0 Å². The summed E-state index contributed by atoms with van der Waals surface area (Å²) in [5, 5.41) is 10.8. The number of rotatable bonds is 11. The number of unbranched alkanes of at least 4 members (excludes halogenated alkanes) is 1. The summed E-state index contributed by atoms with van der Waals surface area (Å²) < 4.78 is 1.99. The average Bonchev–Trinajstić information content (AvgIpc) is 2.87. The summed E-state index contributed by atoms with van der Waals surface area (Å²) in [5.41, 5.74) is 6.41. The van der Waals surface area contributed by atoms with Crippen molar-refractivity contribution in [2.75, 3.05) is 19.6 Å². The van der Waals surface area contributed by atoms with Gasteiger partial charge in [0, 0.05) is 32.0 Å². The normalized spacial score (nSPS) is 11.5. The molecule has 6 nitrogen and oxygen atoms in total. The lowest BCUT2D eigenvalue weighted by Gasteiger charge is -2.07. The maximum Gasteiger partial charge on any atom is 0.118 e. The van der Waals surface area contributed by atoms with E-state index in [-0.39, 0.29) is 0 Å². The highest BCUT2D eigenvalue weighted by molar-refractivity contribution is 5.71. The smallest absolute Gasteiger partial charge is 0.118 e. The van der Waals surface area contributed by atoms with Gasteiger partial charge in [-0.05, 0) is 44.1 Å². The van der Waals surface area contributed by atoms with Crippen LogP contribution in [0, 0.1) is 6.92 Å². The summed E-state index contributed by atoms with van der Waals surface area (Å²) in [6.07, 6.45) is 10.9. The van der Waals surface area contributed by atoms with Gasteiger partial charge in [0.05, 0.1) is 6.20 Å². The third-order valence-corrected chi connectivity index (χ3v) is 2.81. The van der Waals surface area contributed by atoms with Crippen LogP contribution in [0.1, 0.15) is 18.4 Å². The third-order valence-electron chi connectivity index (χ3n) is 2.81. The molecule has 1 heterocycles. The lowest BCUT2D eigenvalue weighted by atomic mass is 10.3. The van der Waals surface area contributed by atoms with Crippen LogP contribution in [-0.4, -0.2) is 35.6 Å². The average molecular weight is 290 g/mol. The summed E-state index contributed by atoms with van der Waals surface area (Å²) in [4.78, 5) is 4.06. The second-order valence-electron chi connectivity index (χ2n) is 4.77. The zero-order valence-corrected chi connectivity index (χ0v) is 12.8. The van der Waals surface area contributed by atoms with E-state index in [4.69, 9.17) is 5.73 Å². The Hall–Kier alpha value is -2.08. The first-order chi connectivity index (χ1) is 10.2. The molecule has 0 aromatic carbocycles. The molecule has 0 saturated heterocycles. The molecule has 4 N–H and O–H groups in total. The number of nitrogens with one attached hydrogen (secondary N) is 2. The highest BCUT2D eigenvalue weighted by atomic mass is 15.3. The third kappa shape index (κ3) is 8.65. The van der Waals surface area contributed by atoms with Crippen molar-refractivity contribution >= 4 is 6.21 Å². The molecule has 0 amide bonds. The Morgan fingerprint density at radius 1 is 1.43 bits per heavy atom. The van der Waals surface area contributed by atoms with E-state index in [0.717, 1.165) is 39.0 Å². The molecule has 0 radical (unpaired) electrons. The molecule has 0 aliphatic carbocycles. The highest BCUT2D eigenvalue weighted by Crippen LogP contribution is 1.97. The molecule has 0 bridgehead atoms. The Morgan fingerprint density at radius 2 is 2.29 bits per heavy atom. The van der Waals surface area contributed by atoms with E-state index in [1.165, 1.54) is 11.8 Å². The van der Waals surface area contributed by atoms with Crippen molar-refractivity contribution in [3.8, 4) is 0 Å². The molecule has 0 unspecified atom stereocenters. The monoisotopic (exact) mass is 290 g/mol. The predicted octanol–water partition coefficient (Wildman–Crippen LogP) is 1.17. The van der Waals surface area contributed by atoms with Gasteiger partial charge in [-0.2, -0.15) is 5.10 Å². The number of aryl methyl sites for hydroxylation is 2. The summed E-state index contributed by atoms with van der Waals surface area (Å²) in [5.74, 6) is 0.643. The first-order valence-electron chi connectivity index (χ1n) is 7.26. The quantitative estimate of drug-likeness (QED) is 0.422. The summed E-state index contributed by atoms with van der Waals surface area (Å²) in [6.45, 7) is 9.53. The molecule has 0 spiro atoms. The van der Waals surface area contributed by atoms with E-state index < -0.39 is 0 Å². The Bertz CT molecular complexity index is 460. The summed E-state index contributed by atoms with van der Waals surface area (Å²) in [6, 6.07) is 0. The number of hydrogen-bond acceptors (Lipinski definition) is 5. The minimum atomic E-state index is 0.643. The molecule has 0 aliphatic rings. The van der Waals surface area contributed by atoms with Crippen molar-refractivity contribution in [2.24, 2.45) is 10.7 Å². The van der Waals surface area contributed by atoms with Crippen molar-refractivity contribution < 1.29 is 0 Å². The minimum Gasteiger partial charge on any atom is -0.405 e. The van der Waals surface area contributed by atoms with Crippen LogP contribution in [0.15, 0.2) is 42.1 Å². The molecule has 0 aliphatic heterocycles. The molecule has 1 rings (SSSR count). The largest absolute Gasteiger partial charge is 0.405 e. The SMILES string of the molecule is C=C(N=C/C=C\N)NCCNCCCCn1cc(C)cn1. The first-order valence-corrected chi connectivity index (χ1v) is 7.26. The van der Waals surface area contributed by atoms with E-state index in [1.54, 1.807) is 12.3 Å². The van der Waals surface area contributed by atoms with E-state index in [0.29, 0.717) is 5.82 Å². The van der Waals surface area contributed by atoms with Gasteiger partial charge in [-0.1, -0.05) is 6.58 Å². The maximum absolute atomic E-state index is 5.20. The Labute approximate surface area is 126 Å². The van der Waals surface area contributed by atoms with Crippen LogP contribution in [0.4, 0.5) is 0 Å². The zero-order valence-electron chi connectivity index (χ0n) is 12.8. The zero-order chi connectivity index (χ0) is 15.3. The Kier molecular flexibility index (Phi) is 8.63. The van der Waals surface area contributed by atoms with Crippen LogP contribution in [-0.2, 0) is 6.54 Å². The van der Waals surface area contributed by atoms with E-state index in [9.17, 15) is 0 Å². The number of aromatic nitrogens is 2. The molecule has 1 aromatic rings. The van der Waals surface area contributed by atoms with E-state index in [2.05, 4.69) is 40.4 Å². The number of hydrogen-bond donors (Lipinski definition) is 3. The van der Waals surface area contributed by atoms with E-state index in [1.807, 2.05) is 10.9 Å². The maximum atomic E-state index is 5.20. The van der Waals surface area contributed by atoms with Crippen LogP contribution in [0.5, 0.6) is 0 Å². The molecule has 0 fully saturated rings. The van der Waals surface area contributed by atoms with Crippen molar-refractivity contribution in [3.05, 3.63) is 42.6 Å². The van der Waals surface area contributed by atoms with E-state index >= 15 is 0 Å². The van der Waals surface area contributed by atoms with Crippen molar-refractivity contribution in [1.29, 1.82) is 0 Å². The number of nitrogens with two attached hydrogens (primary N) is 1. The number of nitrogens with zero attached hydrogens (tertiary/aromatic N) is 3. The van der Waals surface area contributed by atoms with Crippen LogP contribution >= 0.6 is 0 Å². The van der Waals surface area contributed by atoms with Gasteiger partial charge in [0.15, 0.2) is 0 Å². The van der Waals surface area contributed by atoms with Gasteiger partial charge in [-0.3, -0.25) is 4.68 Å². The van der Waals surface area contributed by atoms with Gasteiger partial charge in [-0.15, -0.1) is 0 Å². The van der Waals surface area contributed by atoms with Crippen molar-refractivity contribution in [2.45, 2.75) is 26.3 Å². The molecule has 0 saturated carbocycles. The van der Waals surface area contributed by atoms with Gasteiger partial charge in [0.2, 0.25) is 0 Å². The van der Waals surface area contributed by atoms with Gasteiger partial charge < -0.3 is 16.4 Å². The van der Waals surface area contributed by atoms with Crippen LogP contribution in [0.25, 0.3) is 0 Å². The summed E-state index contributed by atoms with van der Waals surface area (Å²) >= 11 is 0. The number of allylic oxidation sites excluding steroid dienone is 1. The topological polar surface area (TPSA) is 80.3 Å². The molecule has 116 valence electrons. The Balaban J connectivity index is 1.91. The molecule has 0 atom stereocenters. The molecule has 6 heteroatoms. The van der Waals surface area contributed by atoms with Crippen LogP contribution in [0.2, 0.25) is 0 Å². The van der Waals surface area contributed by atoms with Crippen molar-refractivity contribution in [3.63, 3.8) is 0 Å². The van der Waals surface area contributed by atoms with Crippen LogP contribution in [0.3, 0.4) is 0 Å². The fourth-order valence-corrected chi connectivity index (χ4v) is 1.76. The molecule has 21 heavy (non-hydrogen) atoms. The number of aliphatic imine (C=N–C) groups is 1. The second kappa shape index (κ2) is 10.7. The fourth-order valence-electron chi connectivity index (χ4n) is 1.76. The van der Waals surface area contributed by atoms with Crippen molar-refractivity contribution in [1.82, 2.24) is 20.4 Å². The minimum absolute atomic E-state index is 0.643. The molecular weight excluding hydrogens is 264 g/mol. The fraction of sp³-hybridized carbons (Fsp3) is 0.467. The molecular formula is C15H26N6. The van der Waals surface area contributed by atoms with Gasteiger partial charge in [0.25, 0.3) is 0 Å². The van der Waals surface area contributed by atoms with Gasteiger partial charge in [-0.25, -0.2) is 4.99 Å². The lowest BCUT2D eigenvalue weighted by molar-refractivity contribution is 0.533. The Morgan fingerprint density at radius 3 is 3.00 bits per heavy atom. The van der Waals surface area contributed by atoms with Crippen LogP contribution < -0.4 is 16.4 Å². The highest BCUT2D eigenvalue weighted by Gasteiger charge is 1.94. The predicted molar refractivity (Wildman–Crippen MR) is 88.0 cm³/mol. The summed E-state index contributed by atoms with van der Waals surface area (Å²) in [7, 11) is 0. The standard InChI is InChI=1S/C15H26N6/c1-14-12-20-21(13-14)11-4-3-7-17-9-10-19-15(2)18-8-5-6-16/h5-6,8,12-13,17,19H,2-4,7,9-11,16H2,1H3/b6-5-,18-8?. The second-order valence-corrected chi connectivity index (χ2v) is 4.77. The first kappa shape index (κ1) is 17.0. The molecule has 1 aromatic heterocycles. The lowest BCUT2D eigenvalue weighted by Crippen LogP contribution is -2.27.